The number of nitro groups is 2. The van der Waals surface area contributed by atoms with Gasteiger partial charge in [0.1, 0.15) is 5.56 Å². The van der Waals surface area contributed by atoms with Gasteiger partial charge in [-0.15, -0.1) is 0 Å². The molecular weight excluding hydrogens is 254 g/mol. The fraction of sp³-hybridized carbons (Fsp3) is 0.125. The van der Waals surface area contributed by atoms with Gasteiger partial charge in [0.15, 0.2) is 5.02 Å². The van der Waals surface area contributed by atoms with Crippen LogP contribution in [0.2, 0.25) is 5.02 Å². The zero-order valence-electron chi connectivity index (χ0n) is 8.47. The topological polar surface area (TPSA) is 129 Å². The molecule has 17 heavy (non-hydrogen) atoms. The van der Waals surface area contributed by atoms with Crippen LogP contribution in [0.4, 0.5) is 11.4 Å². The zero-order chi connectivity index (χ0) is 13.3. The highest BCUT2D eigenvalue weighted by molar-refractivity contribution is 6.35. The molecule has 1 aromatic rings. The fourth-order valence-electron chi connectivity index (χ4n) is 1.37. The number of nitro benzene ring substituents is 2. The summed E-state index contributed by atoms with van der Waals surface area (Å²) in [4.78, 5) is 30.6. The maximum absolute atomic E-state index is 11.1. The predicted octanol–water partition coefficient (Wildman–Crippen LogP) is 1.56. The van der Waals surface area contributed by atoms with Crippen molar-refractivity contribution < 1.29 is 14.6 Å². The van der Waals surface area contributed by atoms with E-state index < -0.39 is 37.7 Å². The molecule has 0 aliphatic heterocycles. The van der Waals surface area contributed by atoms with E-state index in [0.29, 0.717) is 0 Å². The molecule has 0 unspecified atom stereocenters. The minimum absolute atomic E-state index is 0.0281. The second-order valence-electron chi connectivity index (χ2n) is 3.13. The highest BCUT2D eigenvalue weighted by Gasteiger charge is 2.32. The third kappa shape index (κ3) is 2.16. The zero-order valence-corrected chi connectivity index (χ0v) is 9.22. The number of hydrogen-bond acceptors (Lipinski definition) is 5. The third-order valence-electron chi connectivity index (χ3n) is 2.04. The molecule has 0 saturated carbocycles. The first kappa shape index (κ1) is 12.8. The lowest BCUT2D eigenvalue weighted by molar-refractivity contribution is -0.394. The Hall–Kier alpha value is -2.22. The number of hydrogen-bond donors (Lipinski definition) is 1. The summed E-state index contributed by atoms with van der Waals surface area (Å²) in [6, 6.07) is 0.968. The van der Waals surface area contributed by atoms with Crippen molar-refractivity contribution in [3.05, 3.63) is 42.4 Å². The molecule has 0 saturated heterocycles. The molecule has 1 amide bonds. The van der Waals surface area contributed by atoms with Crippen LogP contribution in [0.25, 0.3) is 0 Å². The summed E-state index contributed by atoms with van der Waals surface area (Å²) in [5, 5.41) is 20.7. The predicted molar refractivity (Wildman–Crippen MR) is 58.0 cm³/mol. The molecule has 0 aliphatic carbocycles. The first-order chi connectivity index (χ1) is 7.77. The molecule has 0 aliphatic rings. The molecule has 1 rings (SSSR count). The molecule has 0 heterocycles. The quantitative estimate of drug-likeness (QED) is 0.650. The summed E-state index contributed by atoms with van der Waals surface area (Å²) in [5.41, 5.74) is 3.10. The van der Waals surface area contributed by atoms with Gasteiger partial charge in [0.05, 0.1) is 9.85 Å². The van der Waals surface area contributed by atoms with Crippen LogP contribution in [0.15, 0.2) is 6.07 Å². The SMILES string of the molecule is Cc1cc([N+](=O)[O-])c(Cl)c([N+](=O)[O-])c1C(N)=O. The van der Waals surface area contributed by atoms with Crippen molar-refractivity contribution in [3.8, 4) is 0 Å². The van der Waals surface area contributed by atoms with Crippen molar-refractivity contribution in [2.75, 3.05) is 0 Å². The molecule has 9 heteroatoms. The summed E-state index contributed by atoms with van der Waals surface area (Å²) in [6.07, 6.45) is 0. The number of carbonyl (C=O) groups excluding carboxylic acids is 1. The number of aryl methyl sites for hydroxylation is 1. The van der Waals surface area contributed by atoms with Gasteiger partial charge in [-0.25, -0.2) is 0 Å². The second-order valence-corrected chi connectivity index (χ2v) is 3.51. The Bertz CT molecular complexity index is 542. The van der Waals surface area contributed by atoms with Crippen molar-refractivity contribution in [3.63, 3.8) is 0 Å². The molecule has 0 fully saturated rings. The first-order valence-electron chi connectivity index (χ1n) is 4.19. The number of carbonyl (C=O) groups is 1. The molecule has 2 N–H and O–H groups in total. The molecule has 0 spiro atoms. The van der Waals surface area contributed by atoms with Gasteiger partial charge in [0, 0.05) is 6.07 Å². The largest absolute Gasteiger partial charge is 0.365 e. The normalized spacial score (nSPS) is 10.0. The van der Waals surface area contributed by atoms with Crippen molar-refractivity contribution in [2.24, 2.45) is 5.73 Å². The molecule has 8 nitrogen and oxygen atoms in total. The van der Waals surface area contributed by atoms with Gasteiger partial charge in [-0.05, 0) is 12.5 Å². The van der Waals surface area contributed by atoms with Crippen molar-refractivity contribution in [2.45, 2.75) is 6.92 Å². The van der Waals surface area contributed by atoms with Crippen LogP contribution in [-0.2, 0) is 0 Å². The fourth-order valence-corrected chi connectivity index (χ4v) is 1.66. The van der Waals surface area contributed by atoms with Crippen LogP contribution >= 0.6 is 11.6 Å². The maximum atomic E-state index is 11.1. The van der Waals surface area contributed by atoms with Gasteiger partial charge in [0.2, 0.25) is 0 Å². The molecule has 0 bridgehead atoms. The minimum atomic E-state index is -1.06. The Kier molecular flexibility index (Phi) is 3.28. The third-order valence-corrected chi connectivity index (χ3v) is 2.42. The van der Waals surface area contributed by atoms with Crippen molar-refractivity contribution >= 4 is 28.9 Å². The molecule has 0 radical (unpaired) electrons. The highest BCUT2D eigenvalue weighted by Crippen LogP contribution is 2.38. The molecular formula is C8H6ClN3O5. The van der Waals surface area contributed by atoms with Crippen molar-refractivity contribution in [1.29, 1.82) is 0 Å². The van der Waals surface area contributed by atoms with Crippen molar-refractivity contribution in [1.82, 2.24) is 0 Å². The van der Waals surface area contributed by atoms with E-state index in [2.05, 4.69) is 0 Å². The number of amides is 1. The van der Waals surface area contributed by atoms with E-state index in [1.807, 2.05) is 0 Å². The summed E-state index contributed by atoms with van der Waals surface area (Å²) in [6.45, 7) is 1.30. The second kappa shape index (κ2) is 4.34. The van der Waals surface area contributed by atoms with E-state index in [4.69, 9.17) is 17.3 Å². The van der Waals surface area contributed by atoms with Crippen LogP contribution in [0.5, 0.6) is 0 Å². The van der Waals surface area contributed by atoms with Crippen LogP contribution in [-0.4, -0.2) is 15.8 Å². The molecule has 0 atom stereocenters. The minimum Gasteiger partial charge on any atom is -0.365 e. The Balaban J connectivity index is 3.78. The van der Waals surface area contributed by atoms with E-state index in [-0.39, 0.29) is 5.56 Å². The Labute approximate surface area is 99.3 Å². The Morgan fingerprint density at radius 1 is 1.35 bits per heavy atom. The highest BCUT2D eigenvalue weighted by atomic mass is 35.5. The summed E-state index contributed by atoms with van der Waals surface area (Å²) in [5.74, 6) is -1.06. The molecule has 0 aromatic heterocycles. The number of rotatable bonds is 3. The first-order valence-corrected chi connectivity index (χ1v) is 4.56. The lowest BCUT2D eigenvalue weighted by Gasteiger charge is -2.05. The van der Waals surface area contributed by atoms with E-state index in [1.165, 1.54) is 6.92 Å². The summed E-state index contributed by atoms with van der Waals surface area (Å²) < 4.78 is 0. The van der Waals surface area contributed by atoms with Gasteiger partial charge in [-0.1, -0.05) is 11.6 Å². The van der Waals surface area contributed by atoms with E-state index in [0.717, 1.165) is 6.07 Å². The van der Waals surface area contributed by atoms with Crippen LogP contribution in [0.3, 0.4) is 0 Å². The van der Waals surface area contributed by atoms with E-state index in [1.54, 1.807) is 0 Å². The van der Waals surface area contributed by atoms with E-state index >= 15 is 0 Å². The number of nitrogens with two attached hydrogens (primary N) is 1. The number of benzene rings is 1. The number of primary amides is 1. The molecule has 1 aromatic carbocycles. The van der Waals surface area contributed by atoms with E-state index in [9.17, 15) is 25.0 Å². The monoisotopic (exact) mass is 259 g/mol. The smallest absolute Gasteiger partial charge is 0.307 e. The van der Waals surface area contributed by atoms with Gasteiger partial charge >= 0.3 is 5.69 Å². The van der Waals surface area contributed by atoms with Crippen LogP contribution < -0.4 is 5.73 Å². The van der Waals surface area contributed by atoms with Crippen LogP contribution in [0.1, 0.15) is 15.9 Å². The summed E-state index contributed by atoms with van der Waals surface area (Å²) >= 11 is 5.53. The number of nitrogens with zero attached hydrogens (tertiary/aromatic N) is 2. The lowest BCUT2D eigenvalue weighted by Crippen LogP contribution is -2.16. The molecule has 90 valence electrons. The Morgan fingerprint density at radius 3 is 2.24 bits per heavy atom. The number of halogens is 1. The van der Waals surface area contributed by atoms with Crippen LogP contribution in [0, 0.1) is 27.2 Å². The van der Waals surface area contributed by atoms with Gasteiger partial charge in [-0.2, -0.15) is 0 Å². The van der Waals surface area contributed by atoms with Gasteiger partial charge in [0.25, 0.3) is 11.6 Å². The maximum Gasteiger partial charge on any atom is 0.307 e. The average Bonchev–Trinajstić information content (AvgIpc) is 2.18. The summed E-state index contributed by atoms with van der Waals surface area (Å²) in [7, 11) is 0. The Morgan fingerprint density at radius 2 is 1.88 bits per heavy atom. The van der Waals surface area contributed by atoms with Gasteiger partial charge < -0.3 is 5.73 Å². The van der Waals surface area contributed by atoms with Gasteiger partial charge in [-0.3, -0.25) is 25.0 Å². The lowest BCUT2D eigenvalue weighted by atomic mass is 10.0. The average molecular weight is 260 g/mol. The standard InChI is InChI=1S/C8H6ClN3O5/c1-3-2-4(11(14)15)6(9)7(12(16)17)5(3)8(10)13/h2H,1H3,(H2,10,13).